The maximum absolute atomic E-state index is 15.1. The smallest absolute Gasteiger partial charge is 0.411 e. The number of nitrogens with one attached hydrogen (secondary N) is 1. The summed E-state index contributed by atoms with van der Waals surface area (Å²) in [5.41, 5.74) is 0.581. The first-order valence-electron chi connectivity index (χ1n) is 13.6. The summed E-state index contributed by atoms with van der Waals surface area (Å²) in [6.07, 6.45) is 4.64. The lowest BCUT2D eigenvalue weighted by Gasteiger charge is -2.36. The van der Waals surface area contributed by atoms with E-state index in [9.17, 15) is 14.9 Å². The number of piperidine rings is 1. The van der Waals surface area contributed by atoms with E-state index >= 15 is 4.39 Å². The van der Waals surface area contributed by atoms with Crippen LogP contribution >= 0.6 is 0 Å². The lowest BCUT2D eigenvalue weighted by Crippen LogP contribution is -2.55. The number of hydrogen-bond acceptors (Lipinski definition) is 6. The summed E-state index contributed by atoms with van der Waals surface area (Å²) in [5, 5.41) is 12.5. The van der Waals surface area contributed by atoms with E-state index in [0.29, 0.717) is 5.56 Å². The van der Waals surface area contributed by atoms with Gasteiger partial charge in [-0.15, -0.1) is 0 Å². The van der Waals surface area contributed by atoms with Gasteiger partial charge in [-0.2, -0.15) is 5.26 Å². The summed E-state index contributed by atoms with van der Waals surface area (Å²) in [5.74, 6) is -0.685. The number of ether oxygens (including phenoxy) is 1. The highest BCUT2D eigenvalue weighted by molar-refractivity contribution is 5.87. The van der Waals surface area contributed by atoms with Gasteiger partial charge in [0.25, 0.3) is 0 Å². The summed E-state index contributed by atoms with van der Waals surface area (Å²) in [6.45, 7) is 9.16. The molecule has 5 rings (SSSR count). The normalized spacial score (nSPS) is 26.6. The second-order valence-electron chi connectivity index (χ2n) is 12.0. The van der Waals surface area contributed by atoms with Gasteiger partial charge in [0.1, 0.15) is 23.5 Å². The Kier molecular flexibility index (Phi) is 7.06. The van der Waals surface area contributed by atoms with E-state index in [1.807, 2.05) is 6.07 Å². The van der Waals surface area contributed by atoms with Crippen LogP contribution in [0.1, 0.15) is 58.4 Å². The first kappa shape index (κ1) is 25.8. The molecule has 200 valence electrons. The van der Waals surface area contributed by atoms with Crippen molar-refractivity contribution in [2.45, 2.75) is 89.1 Å². The second kappa shape index (κ2) is 10.1. The number of likely N-dealkylation sites (tertiary alicyclic amines) is 1. The predicted molar refractivity (Wildman–Crippen MR) is 137 cm³/mol. The molecule has 2 amide bonds. The number of piperazine rings is 1. The highest BCUT2D eigenvalue weighted by atomic mass is 19.1. The third-order valence-electron chi connectivity index (χ3n) is 8.13. The Morgan fingerprint density at radius 3 is 2.46 bits per heavy atom. The molecule has 4 atom stereocenters. The van der Waals surface area contributed by atoms with Gasteiger partial charge in [0.05, 0.1) is 6.07 Å². The van der Waals surface area contributed by atoms with Crippen molar-refractivity contribution in [3.63, 3.8) is 0 Å². The van der Waals surface area contributed by atoms with Crippen molar-refractivity contribution in [1.29, 1.82) is 5.26 Å². The van der Waals surface area contributed by atoms with Gasteiger partial charge in [-0.3, -0.25) is 14.6 Å². The Morgan fingerprint density at radius 2 is 1.84 bits per heavy atom. The molecule has 0 spiro atoms. The monoisotopic (exact) mass is 511 g/mol. The lowest BCUT2D eigenvalue weighted by molar-refractivity contribution is -0.128. The molecule has 4 unspecified atom stereocenters. The lowest BCUT2D eigenvalue weighted by atomic mass is 9.97. The van der Waals surface area contributed by atoms with Crippen molar-refractivity contribution in [1.82, 2.24) is 15.1 Å². The number of halogens is 1. The number of fused-ring (bicyclic) bond motifs is 2. The second-order valence-corrected chi connectivity index (χ2v) is 12.0. The number of amides is 2. The molecule has 4 fully saturated rings. The van der Waals surface area contributed by atoms with E-state index in [1.165, 1.54) is 12.8 Å². The summed E-state index contributed by atoms with van der Waals surface area (Å²) < 4.78 is 20.6. The molecule has 9 heteroatoms. The molecule has 4 aliphatic rings. The van der Waals surface area contributed by atoms with Gasteiger partial charge in [0, 0.05) is 50.4 Å². The van der Waals surface area contributed by atoms with Crippen molar-refractivity contribution in [3.05, 3.63) is 29.6 Å². The number of hydrogen-bond donors (Lipinski definition) is 1. The summed E-state index contributed by atoms with van der Waals surface area (Å²) >= 11 is 0. The first-order valence-corrected chi connectivity index (χ1v) is 13.6. The van der Waals surface area contributed by atoms with Gasteiger partial charge < -0.3 is 15.0 Å². The summed E-state index contributed by atoms with van der Waals surface area (Å²) in [7, 11) is 0. The number of anilines is 1. The van der Waals surface area contributed by atoms with Crippen molar-refractivity contribution in [2.24, 2.45) is 5.92 Å². The average Bonchev–Trinajstić information content (AvgIpc) is 3.50. The van der Waals surface area contributed by atoms with E-state index in [0.717, 1.165) is 57.2 Å². The third-order valence-corrected chi connectivity index (χ3v) is 8.13. The maximum atomic E-state index is 15.1. The molecule has 2 saturated heterocycles. The zero-order valence-electron chi connectivity index (χ0n) is 22.1. The molecule has 1 aromatic carbocycles. The number of carbonyl (C=O) groups excluding carboxylic acids is 2. The quantitative estimate of drug-likeness (QED) is 0.630. The minimum atomic E-state index is -0.894. The van der Waals surface area contributed by atoms with Gasteiger partial charge in [-0.1, -0.05) is 6.07 Å². The SMILES string of the molecule is CC(C)(C)OC(=O)N1C2CCC(C2)C1C(=O)NC(C#N)Cc1ccc(N2CCN(C3CC3)CC2)cc1F. The molecule has 2 heterocycles. The van der Waals surface area contributed by atoms with Crippen molar-refractivity contribution < 1.29 is 18.7 Å². The van der Waals surface area contributed by atoms with Gasteiger partial charge in [-0.05, 0) is 76.5 Å². The fraction of sp³-hybridized carbons (Fsp3) is 0.679. The first-order chi connectivity index (χ1) is 17.6. The van der Waals surface area contributed by atoms with Crippen molar-refractivity contribution >= 4 is 17.7 Å². The van der Waals surface area contributed by atoms with Gasteiger partial charge in [0.15, 0.2) is 0 Å². The molecule has 8 nitrogen and oxygen atoms in total. The minimum absolute atomic E-state index is 0.0210. The number of rotatable bonds is 6. The van der Waals surface area contributed by atoms with E-state index in [1.54, 1.807) is 37.8 Å². The molecule has 1 N–H and O–H groups in total. The van der Waals surface area contributed by atoms with E-state index in [2.05, 4.69) is 21.2 Å². The van der Waals surface area contributed by atoms with E-state index < -0.39 is 23.8 Å². The zero-order chi connectivity index (χ0) is 26.3. The minimum Gasteiger partial charge on any atom is -0.444 e. The molecule has 0 radical (unpaired) electrons. The van der Waals surface area contributed by atoms with Crippen LogP contribution in [-0.2, 0) is 16.0 Å². The van der Waals surface area contributed by atoms with Crippen LogP contribution in [0, 0.1) is 23.1 Å². The Labute approximate surface area is 218 Å². The van der Waals surface area contributed by atoms with Crippen LogP contribution in [0.4, 0.5) is 14.9 Å². The van der Waals surface area contributed by atoms with Crippen LogP contribution in [0.2, 0.25) is 0 Å². The zero-order valence-corrected chi connectivity index (χ0v) is 22.1. The Hall–Kier alpha value is -2.86. The standard InChI is InChI=1S/C28H38FN5O3/c1-28(2,3)37-27(36)34-23-7-5-19(15-23)25(34)26(35)31-20(17-30)14-18-4-6-22(16-24(18)29)33-12-10-32(11-13-33)21-8-9-21/h4,6,16,19-21,23,25H,5,7-15H2,1-3H3,(H,31,35). The van der Waals surface area contributed by atoms with Crippen molar-refractivity contribution in [3.8, 4) is 6.07 Å². The Balaban J connectivity index is 1.21. The van der Waals surface area contributed by atoms with Crippen LogP contribution in [0.25, 0.3) is 0 Å². The number of nitrogens with zero attached hydrogens (tertiary/aromatic N) is 4. The molecule has 1 aromatic rings. The number of carbonyl (C=O) groups is 2. The fourth-order valence-electron chi connectivity index (χ4n) is 6.19. The molecule has 2 saturated carbocycles. The molecular weight excluding hydrogens is 473 g/mol. The van der Waals surface area contributed by atoms with Crippen LogP contribution in [0.15, 0.2) is 18.2 Å². The topological polar surface area (TPSA) is 88.9 Å². The van der Waals surface area contributed by atoms with E-state index in [-0.39, 0.29) is 30.1 Å². The summed E-state index contributed by atoms with van der Waals surface area (Å²) in [4.78, 5) is 32.4. The third kappa shape index (κ3) is 5.69. The molecule has 2 aliphatic heterocycles. The van der Waals surface area contributed by atoms with Crippen LogP contribution in [0.3, 0.4) is 0 Å². The molecule has 2 bridgehead atoms. The molecule has 2 aliphatic carbocycles. The Morgan fingerprint density at radius 1 is 1.14 bits per heavy atom. The highest BCUT2D eigenvalue weighted by Crippen LogP contribution is 2.43. The average molecular weight is 512 g/mol. The van der Waals surface area contributed by atoms with Crippen LogP contribution in [-0.4, -0.2) is 77.7 Å². The predicted octanol–water partition coefficient (Wildman–Crippen LogP) is 3.45. The van der Waals surface area contributed by atoms with Gasteiger partial charge in [0.2, 0.25) is 5.91 Å². The molecular formula is C28H38FN5O3. The molecule has 0 aromatic heterocycles. The number of benzene rings is 1. The van der Waals surface area contributed by atoms with Crippen molar-refractivity contribution in [2.75, 3.05) is 31.1 Å². The van der Waals surface area contributed by atoms with Gasteiger partial charge >= 0.3 is 6.09 Å². The highest BCUT2D eigenvalue weighted by Gasteiger charge is 2.52. The van der Waals surface area contributed by atoms with Gasteiger partial charge in [-0.25, -0.2) is 9.18 Å². The van der Waals surface area contributed by atoms with E-state index in [4.69, 9.17) is 4.74 Å². The number of nitriles is 1. The fourth-order valence-corrected chi connectivity index (χ4v) is 6.19. The van der Waals surface area contributed by atoms with Crippen LogP contribution in [0.5, 0.6) is 0 Å². The Bertz CT molecular complexity index is 1070. The largest absolute Gasteiger partial charge is 0.444 e. The summed E-state index contributed by atoms with van der Waals surface area (Å²) in [6, 6.07) is 6.44. The van der Waals surface area contributed by atoms with Crippen LogP contribution < -0.4 is 10.2 Å². The molecule has 37 heavy (non-hydrogen) atoms. The maximum Gasteiger partial charge on any atom is 0.411 e.